The first-order valence-electron chi connectivity index (χ1n) is 10.1. The number of hydrogen-bond donors (Lipinski definition) is 1. The first-order chi connectivity index (χ1) is 13.5. The lowest BCUT2D eigenvalue weighted by atomic mass is 9.75. The van der Waals surface area contributed by atoms with Crippen LogP contribution in [-0.4, -0.2) is 20.0 Å². The minimum atomic E-state index is -0.109. The molecule has 0 fully saturated rings. The van der Waals surface area contributed by atoms with Gasteiger partial charge < -0.3 is 0 Å². The molecule has 0 bridgehead atoms. The van der Waals surface area contributed by atoms with Gasteiger partial charge in [-0.05, 0) is 52.5 Å². The van der Waals surface area contributed by atoms with E-state index in [0.29, 0.717) is 0 Å². The molecule has 0 amide bonds. The summed E-state index contributed by atoms with van der Waals surface area (Å²) in [7, 11) is 2.02. The van der Waals surface area contributed by atoms with Crippen molar-refractivity contribution < 1.29 is 0 Å². The summed E-state index contributed by atoms with van der Waals surface area (Å²) >= 11 is 6.80. The van der Waals surface area contributed by atoms with Crippen LogP contribution in [0.4, 0.5) is 0 Å². The molecule has 4 nitrogen and oxygen atoms in total. The molecule has 4 rings (SSSR count). The predicted octanol–water partition coefficient (Wildman–Crippen LogP) is 6.23. The molecule has 0 radical (unpaired) electrons. The molecule has 5 heteroatoms. The van der Waals surface area contributed by atoms with Gasteiger partial charge in [0.05, 0.1) is 23.4 Å². The van der Waals surface area contributed by atoms with E-state index in [1.165, 1.54) is 27.6 Å². The Labute approximate surface area is 177 Å². The van der Waals surface area contributed by atoms with Gasteiger partial charge >= 0.3 is 0 Å². The van der Waals surface area contributed by atoms with Gasteiger partial charge in [0.2, 0.25) is 0 Å². The number of fused-ring (bicyclic) bond motifs is 2. The zero-order valence-electron chi connectivity index (χ0n) is 18.3. The first kappa shape index (κ1) is 20.0. The molecule has 1 N–H and O–H groups in total. The second kappa shape index (κ2) is 6.60. The zero-order chi connectivity index (χ0) is 21.1. The van der Waals surface area contributed by atoms with Crippen molar-refractivity contribution in [3.05, 3.63) is 57.9 Å². The molecular weight excluding hydrogens is 380 g/mol. The Balaban J connectivity index is 1.89. The summed E-state index contributed by atoms with van der Waals surface area (Å²) in [5.74, 6) is 0. The number of aromatic amines is 1. The molecule has 0 spiro atoms. The van der Waals surface area contributed by atoms with Crippen LogP contribution in [0.15, 0.2) is 30.6 Å². The lowest BCUT2D eigenvalue weighted by Gasteiger charge is -2.30. The molecule has 0 aliphatic carbocycles. The number of nitrogens with zero attached hydrogens (tertiary/aromatic N) is 3. The molecule has 0 saturated carbocycles. The minimum Gasteiger partial charge on any atom is -0.278 e. The molecular formula is C24H29ClN4. The number of aromatic nitrogens is 4. The molecule has 4 aromatic rings. The van der Waals surface area contributed by atoms with Gasteiger partial charge in [0.15, 0.2) is 0 Å². The Morgan fingerprint density at radius 2 is 1.79 bits per heavy atom. The van der Waals surface area contributed by atoms with Crippen molar-refractivity contribution in [3.8, 4) is 0 Å². The number of halogens is 1. The Bertz CT molecular complexity index is 1220. The Kier molecular flexibility index (Phi) is 4.54. The third-order valence-corrected chi connectivity index (χ3v) is 6.24. The van der Waals surface area contributed by atoms with Crippen molar-refractivity contribution in [1.29, 1.82) is 0 Å². The van der Waals surface area contributed by atoms with Gasteiger partial charge in [-0.1, -0.05) is 58.4 Å². The molecule has 2 heterocycles. The van der Waals surface area contributed by atoms with E-state index in [-0.39, 0.29) is 10.8 Å². The van der Waals surface area contributed by atoms with Crippen LogP contribution >= 0.6 is 11.6 Å². The van der Waals surface area contributed by atoms with Crippen molar-refractivity contribution >= 4 is 33.4 Å². The van der Waals surface area contributed by atoms with Crippen molar-refractivity contribution in [3.63, 3.8) is 0 Å². The summed E-state index contributed by atoms with van der Waals surface area (Å²) in [5.41, 5.74) is 7.08. The molecule has 0 aliphatic heterocycles. The third-order valence-electron chi connectivity index (χ3n) is 5.94. The van der Waals surface area contributed by atoms with Crippen molar-refractivity contribution in [1.82, 2.24) is 20.0 Å². The van der Waals surface area contributed by atoms with Gasteiger partial charge in [0, 0.05) is 22.8 Å². The monoisotopic (exact) mass is 408 g/mol. The van der Waals surface area contributed by atoms with Gasteiger partial charge in [0.25, 0.3) is 0 Å². The van der Waals surface area contributed by atoms with Gasteiger partial charge in [-0.15, -0.1) is 0 Å². The van der Waals surface area contributed by atoms with Gasteiger partial charge in [-0.2, -0.15) is 10.2 Å². The molecule has 0 atom stereocenters. The lowest BCUT2D eigenvalue weighted by molar-refractivity contribution is 0.521. The van der Waals surface area contributed by atoms with Crippen LogP contribution in [0.25, 0.3) is 21.8 Å². The van der Waals surface area contributed by atoms with Crippen LogP contribution < -0.4 is 0 Å². The fourth-order valence-electron chi connectivity index (χ4n) is 4.83. The van der Waals surface area contributed by atoms with Gasteiger partial charge in [-0.25, -0.2) is 0 Å². The Morgan fingerprint density at radius 3 is 2.48 bits per heavy atom. The number of benzene rings is 2. The largest absolute Gasteiger partial charge is 0.278 e. The fourth-order valence-corrected chi connectivity index (χ4v) is 5.35. The summed E-state index contributed by atoms with van der Waals surface area (Å²) in [6.45, 7) is 13.4. The smallest absolute Gasteiger partial charge is 0.0719 e. The second-order valence-electron chi connectivity index (χ2n) is 9.83. The van der Waals surface area contributed by atoms with Crippen molar-refractivity contribution in [2.45, 2.75) is 58.8 Å². The van der Waals surface area contributed by atoms with Crippen LogP contribution in [0, 0.1) is 6.92 Å². The Morgan fingerprint density at radius 1 is 1.07 bits per heavy atom. The fraction of sp³-hybridized carbons (Fsp3) is 0.417. The number of hydrogen-bond acceptors (Lipinski definition) is 2. The molecule has 152 valence electrons. The normalized spacial score (nSPS) is 13.0. The summed E-state index contributed by atoms with van der Waals surface area (Å²) in [5, 5.41) is 15.2. The maximum atomic E-state index is 6.80. The molecule has 29 heavy (non-hydrogen) atoms. The number of H-pyrrole nitrogens is 1. The number of nitrogens with one attached hydrogen (secondary N) is 1. The van der Waals surface area contributed by atoms with E-state index >= 15 is 0 Å². The van der Waals surface area contributed by atoms with Crippen LogP contribution in [0.2, 0.25) is 5.02 Å². The van der Waals surface area contributed by atoms with E-state index in [2.05, 4.69) is 75.0 Å². The van der Waals surface area contributed by atoms with E-state index in [0.717, 1.165) is 27.9 Å². The summed E-state index contributed by atoms with van der Waals surface area (Å²) < 4.78 is 1.99. The number of rotatable bonds is 3. The van der Waals surface area contributed by atoms with Crippen LogP contribution in [0.5, 0.6) is 0 Å². The van der Waals surface area contributed by atoms with Gasteiger partial charge in [-0.3, -0.25) is 9.78 Å². The van der Waals surface area contributed by atoms with Crippen LogP contribution in [0.1, 0.15) is 56.9 Å². The van der Waals surface area contributed by atoms with E-state index in [9.17, 15) is 0 Å². The molecule has 0 unspecified atom stereocenters. The molecule has 0 saturated heterocycles. The van der Waals surface area contributed by atoms with Crippen LogP contribution in [0.3, 0.4) is 0 Å². The molecule has 2 aromatic carbocycles. The third kappa shape index (κ3) is 3.24. The van der Waals surface area contributed by atoms with E-state index in [1.54, 1.807) is 0 Å². The van der Waals surface area contributed by atoms with E-state index in [4.69, 9.17) is 11.6 Å². The van der Waals surface area contributed by atoms with Crippen molar-refractivity contribution in [2.24, 2.45) is 7.05 Å². The summed E-state index contributed by atoms with van der Waals surface area (Å²) in [4.78, 5) is 0. The van der Waals surface area contributed by atoms with Crippen molar-refractivity contribution in [2.75, 3.05) is 0 Å². The number of aryl methyl sites for hydroxylation is 2. The van der Waals surface area contributed by atoms with E-state index < -0.39 is 0 Å². The molecule has 2 aromatic heterocycles. The highest BCUT2D eigenvalue weighted by molar-refractivity contribution is 6.32. The lowest BCUT2D eigenvalue weighted by Crippen LogP contribution is -2.23. The standard InChI is InChI=1S/C24H29ClN4/c1-14-8-9-15-12-27-29(7)22(15)19(14)24(5,6)11-16-10-18(25)20(23(2,3)4)17-13-26-28-21(16)17/h8-10,12-13H,11H2,1-7H3,(H,26,28). The van der Waals surface area contributed by atoms with Gasteiger partial charge in [0.1, 0.15) is 0 Å². The topological polar surface area (TPSA) is 46.5 Å². The maximum Gasteiger partial charge on any atom is 0.0719 e. The molecule has 0 aliphatic rings. The average Bonchev–Trinajstić information content (AvgIpc) is 3.20. The highest BCUT2D eigenvalue weighted by Gasteiger charge is 2.30. The quantitative estimate of drug-likeness (QED) is 0.436. The highest BCUT2D eigenvalue weighted by atomic mass is 35.5. The zero-order valence-corrected chi connectivity index (χ0v) is 19.1. The highest BCUT2D eigenvalue weighted by Crippen LogP contribution is 2.41. The second-order valence-corrected chi connectivity index (χ2v) is 10.2. The average molecular weight is 409 g/mol. The SMILES string of the molecule is Cc1ccc2cnn(C)c2c1C(C)(C)Cc1cc(Cl)c(C(C)(C)C)c2cn[nH]c12. The maximum absolute atomic E-state index is 6.80. The van der Waals surface area contributed by atoms with E-state index in [1.807, 2.05) is 24.1 Å². The van der Waals surface area contributed by atoms with Crippen LogP contribution in [-0.2, 0) is 24.3 Å². The summed E-state index contributed by atoms with van der Waals surface area (Å²) in [6, 6.07) is 6.48. The summed E-state index contributed by atoms with van der Waals surface area (Å²) in [6.07, 6.45) is 4.70. The predicted molar refractivity (Wildman–Crippen MR) is 122 cm³/mol. The Hall–Kier alpha value is -2.33. The minimum absolute atomic E-state index is 0.0514. The first-order valence-corrected chi connectivity index (χ1v) is 10.5.